The van der Waals surface area contributed by atoms with Gasteiger partial charge in [-0.15, -0.1) is 0 Å². The van der Waals surface area contributed by atoms with Crippen molar-refractivity contribution in [1.29, 1.82) is 0 Å². The van der Waals surface area contributed by atoms with Crippen LogP contribution in [-0.2, 0) is 38.6 Å². The van der Waals surface area contributed by atoms with E-state index in [1.54, 1.807) is 0 Å². The van der Waals surface area contributed by atoms with Crippen LogP contribution in [0.15, 0.2) is 84.9 Å². The van der Waals surface area contributed by atoms with E-state index in [0.717, 1.165) is 42.6 Å². The van der Waals surface area contributed by atoms with E-state index >= 15 is 0 Å². The number of amides is 2. The summed E-state index contributed by atoms with van der Waals surface area (Å²) in [5, 5.41) is 2.88. The summed E-state index contributed by atoms with van der Waals surface area (Å²) < 4.78 is 10.8. The molecule has 3 aromatic rings. The SMILES string of the molecule is COC(=O)C(Cc1ccc(OCc2ccccc2)cc1)NC(=O)CC1CCN(C(=O)CCCc2ccccc2)CC1. The average molecular weight is 557 g/mol. The Morgan fingerprint density at radius 1 is 0.854 bits per heavy atom. The number of methoxy groups -OCH3 is 1. The number of esters is 1. The molecule has 0 radical (unpaired) electrons. The fraction of sp³-hybridized carbons (Fsp3) is 0.382. The molecular weight excluding hydrogens is 516 g/mol. The number of carbonyl (C=O) groups is 3. The van der Waals surface area contributed by atoms with E-state index in [4.69, 9.17) is 9.47 Å². The Morgan fingerprint density at radius 2 is 1.49 bits per heavy atom. The zero-order valence-corrected chi connectivity index (χ0v) is 23.8. The minimum atomic E-state index is -0.769. The van der Waals surface area contributed by atoms with Crippen LogP contribution in [0, 0.1) is 5.92 Å². The highest BCUT2D eigenvalue weighted by atomic mass is 16.5. The minimum absolute atomic E-state index is 0.171. The molecule has 0 aliphatic carbocycles. The number of aryl methyl sites for hydroxylation is 1. The van der Waals surface area contributed by atoms with Gasteiger partial charge in [-0.3, -0.25) is 9.59 Å². The second kappa shape index (κ2) is 15.6. The Hall–Kier alpha value is -4.13. The van der Waals surface area contributed by atoms with Crippen LogP contribution in [0.2, 0.25) is 0 Å². The summed E-state index contributed by atoms with van der Waals surface area (Å²) in [5.41, 5.74) is 3.23. The van der Waals surface area contributed by atoms with Crippen molar-refractivity contribution in [3.8, 4) is 5.75 Å². The summed E-state index contributed by atoms with van der Waals surface area (Å²) >= 11 is 0. The van der Waals surface area contributed by atoms with E-state index in [1.807, 2.05) is 77.7 Å². The molecule has 1 heterocycles. The molecule has 0 aromatic heterocycles. The lowest BCUT2D eigenvalue weighted by molar-refractivity contribution is -0.145. The summed E-state index contributed by atoms with van der Waals surface area (Å²) in [4.78, 5) is 39.9. The molecule has 1 saturated heterocycles. The van der Waals surface area contributed by atoms with Crippen LogP contribution < -0.4 is 10.1 Å². The minimum Gasteiger partial charge on any atom is -0.489 e. The number of hydrogen-bond donors (Lipinski definition) is 1. The van der Waals surface area contributed by atoms with Crippen LogP contribution in [-0.4, -0.2) is 48.9 Å². The van der Waals surface area contributed by atoms with Gasteiger partial charge in [0.05, 0.1) is 7.11 Å². The molecule has 0 spiro atoms. The van der Waals surface area contributed by atoms with Crippen molar-refractivity contribution in [2.75, 3.05) is 20.2 Å². The molecule has 1 aliphatic rings. The molecule has 4 rings (SSSR count). The number of piperidine rings is 1. The van der Waals surface area contributed by atoms with Gasteiger partial charge >= 0.3 is 5.97 Å². The first kappa shape index (κ1) is 29.8. The lowest BCUT2D eigenvalue weighted by atomic mass is 9.92. The number of benzene rings is 3. The first-order valence-electron chi connectivity index (χ1n) is 14.4. The number of nitrogens with zero attached hydrogens (tertiary/aromatic N) is 1. The fourth-order valence-electron chi connectivity index (χ4n) is 5.18. The second-order valence-corrected chi connectivity index (χ2v) is 10.6. The number of ether oxygens (including phenoxy) is 2. The lowest BCUT2D eigenvalue weighted by Crippen LogP contribution is -2.44. The van der Waals surface area contributed by atoms with Crippen LogP contribution in [0.4, 0.5) is 0 Å². The third-order valence-electron chi connectivity index (χ3n) is 7.57. The van der Waals surface area contributed by atoms with Gasteiger partial charge in [0, 0.05) is 32.4 Å². The monoisotopic (exact) mass is 556 g/mol. The number of hydrogen-bond acceptors (Lipinski definition) is 5. The van der Waals surface area contributed by atoms with Gasteiger partial charge in [-0.2, -0.15) is 0 Å². The smallest absolute Gasteiger partial charge is 0.328 e. The van der Waals surface area contributed by atoms with Crippen molar-refractivity contribution in [1.82, 2.24) is 10.2 Å². The average Bonchev–Trinajstić information content (AvgIpc) is 3.01. The van der Waals surface area contributed by atoms with E-state index in [0.29, 0.717) is 39.0 Å². The number of rotatable bonds is 13. The highest BCUT2D eigenvalue weighted by Gasteiger charge is 2.27. The van der Waals surface area contributed by atoms with Crippen LogP contribution in [0.3, 0.4) is 0 Å². The summed E-state index contributed by atoms with van der Waals surface area (Å²) in [5.74, 6) is 0.459. The topological polar surface area (TPSA) is 84.9 Å². The normalized spacial score (nSPS) is 14.2. The van der Waals surface area contributed by atoms with Gasteiger partial charge in [-0.05, 0) is 60.4 Å². The maximum absolute atomic E-state index is 12.9. The van der Waals surface area contributed by atoms with Crippen LogP contribution >= 0.6 is 0 Å². The summed E-state index contributed by atoms with van der Waals surface area (Å²) in [6, 6.07) is 26.9. The van der Waals surface area contributed by atoms with Crippen molar-refractivity contribution in [3.63, 3.8) is 0 Å². The molecule has 7 heteroatoms. The zero-order valence-electron chi connectivity index (χ0n) is 23.8. The Kier molecular flexibility index (Phi) is 11.4. The van der Waals surface area contributed by atoms with E-state index < -0.39 is 12.0 Å². The number of likely N-dealkylation sites (tertiary alicyclic amines) is 1. The van der Waals surface area contributed by atoms with Gasteiger partial charge in [0.25, 0.3) is 0 Å². The highest BCUT2D eigenvalue weighted by molar-refractivity contribution is 5.84. The highest BCUT2D eigenvalue weighted by Crippen LogP contribution is 2.22. The summed E-state index contributed by atoms with van der Waals surface area (Å²) in [6.45, 7) is 1.81. The fourth-order valence-corrected chi connectivity index (χ4v) is 5.18. The van der Waals surface area contributed by atoms with E-state index in [1.165, 1.54) is 12.7 Å². The van der Waals surface area contributed by atoms with Crippen molar-refractivity contribution < 1.29 is 23.9 Å². The van der Waals surface area contributed by atoms with Crippen molar-refractivity contribution in [3.05, 3.63) is 102 Å². The summed E-state index contributed by atoms with van der Waals surface area (Å²) in [6.07, 6.45) is 4.50. The van der Waals surface area contributed by atoms with E-state index in [-0.39, 0.29) is 17.7 Å². The molecule has 216 valence electrons. The van der Waals surface area contributed by atoms with Gasteiger partial charge < -0.3 is 19.7 Å². The molecule has 0 saturated carbocycles. The third kappa shape index (κ3) is 9.78. The quantitative estimate of drug-likeness (QED) is 0.296. The Morgan fingerprint density at radius 3 is 2.12 bits per heavy atom. The molecule has 1 fully saturated rings. The maximum atomic E-state index is 12.9. The third-order valence-corrected chi connectivity index (χ3v) is 7.57. The van der Waals surface area contributed by atoms with Crippen LogP contribution in [0.5, 0.6) is 5.75 Å². The predicted octanol–water partition coefficient (Wildman–Crippen LogP) is 5.12. The van der Waals surface area contributed by atoms with Crippen molar-refractivity contribution in [2.45, 2.75) is 57.6 Å². The Balaban J connectivity index is 1.19. The largest absolute Gasteiger partial charge is 0.489 e. The van der Waals surface area contributed by atoms with E-state index in [2.05, 4.69) is 17.4 Å². The summed E-state index contributed by atoms with van der Waals surface area (Å²) in [7, 11) is 1.33. The molecule has 2 amide bonds. The molecule has 1 unspecified atom stereocenters. The van der Waals surface area contributed by atoms with Crippen molar-refractivity contribution in [2.24, 2.45) is 5.92 Å². The lowest BCUT2D eigenvalue weighted by Gasteiger charge is -2.32. The van der Waals surface area contributed by atoms with Gasteiger partial charge in [0.15, 0.2) is 0 Å². The zero-order chi connectivity index (χ0) is 28.9. The second-order valence-electron chi connectivity index (χ2n) is 10.6. The molecule has 1 aliphatic heterocycles. The van der Waals surface area contributed by atoms with E-state index in [9.17, 15) is 14.4 Å². The molecule has 41 heavy (non-hydrogen) atoms. The van der Waals surface area contributed by atoms with Crippen LogP contribution in [0.1, 0.15) is 48.8 Å². The van der Waals surface area contributed by atoms with Crippen LogP contribution in [0.25, 0.3) is 0 Å². The molecule has 0 bridgehead atoms. The molecule has 1 atom stereocenters. The standard InChI is InChI=1S/C34H40N2O5/c1-40-34(39)31(23-27-15-17-30(18-16-27)41-25-29-11-6-3-7-12-29)35-32(37)24-28-19-21-36(22-20-28)33(38)14-8-13-26-9-4-2-5-10-26/h2-7,9-12,15-18,28,31H,8,13-14,19-25H2,1H3,(H,35,37). The molecular formula is C34H40N2O5. The van der Waals surface area contributed by atoms with Gasteiger partial charge in [-0.1, -0.05) is 72.8 Å². The Bertz CT molecular complexity index is 1240. The first-order chi connectivity index (χ1) is 20.0. The number of carbonyl (C=O) groups excluding carboxylic acids is 3. The first-order valence-corrected chi connectivity index (χ1v) is 14.4. The Labute approximate surface area is 242 Å². The van der Waals surface area contributed by atoms with Gasteiger partial charge in [-0.25, -0.2) is 4.79 Å². The number of nitrogens with one attached hydrogen (secondary N) is 1. The molecule has 1 N–H and O–H groups in total. The van der Waals surface area contributed by atoms with Gasteiger partial charge in [0.1, 0.15) is 18.4 Å². The van der Waals surface area contributed by atoms with Crippen molar-refractivity contribution >= 4 is 17.8 Å². The van der Waals surface area contributed by atoms with Gasteiger partial charge in [0.2, 0.25) is 11.8 Å². The maximum Gasteiger partial charge on any atom is 0.328 e. The molecule has 7 nitrogen and oxygen atoms in total. The predicted molar refractivity (Wildman–Crippen MR) is 158 cm³/mol. The molecule has 3 aromatic carbocycles.